The van der Waals surface area contributed by atoms with Gasteiger partial charge in [0.25, 0.3) is 0 Å². The molecule has 14 heavy (non-hydrogen) atoms. The summed E-state index contributed by atoms with van der Waals surface area (Å²) in [6, 6.07) is 5.86. The molecular weight excluding hydrogens is 196 g/mol. The molecule has 1 atom stereocenters. The fourth-order valence-electron chi connectivity index (χ4n) is 1.40. The van der Waals surface area contributed by atoms with Gasteiger partial charge in [-0.3, -0.25) is 0 Å². The average molecular weight is 208 g/mol. The number of thiol groups is 1. The summed E-state index contributed by atoms with van der Waals surface area (Å²) in [5.74, 6) is 0.681. The minimum Gasteiger partial charge on any atom is -0.441 e. The summed E-state index contributed by atoms with van der Waals surface area (Å²) in [5.41, 5.74) is 8.28. The van der Waals surface area contributed by atoms with E-state index in [0.717, 1.165) is 16.7 Å². The van der Waals surface area contributed by atoms with Crippen LogP contribution in [0.3, 0.4) is 0 Å². The van der Waals surface area contributed by atoms with Crippen molar-refractivity contribution < 1.29 is 4.42 Å². The van der Waals surface area contributed by atoms with Crippen LogP contribution in [0.25, 0.3) is 11.1 Å². The van der Waals surface area contributed by atoms with Gasteiger partial charge in [-0.2, -0.15) is 12.6 Å². The molecule has 0 radical (unpaired) electrons. The fraction of sp³-hybridized carbons (Fsp3) is 0.300. The van der Waals surface area contributed by atoms with E-state index in [1.807, 2.05) is 25.1 Å². The van der Waals surface area contributed by atoms with Crippen molar-refractivity contribution in [2.75, 3.05) is 6.54 Å². The van der Waals surface area contributed by atoms with Crippen molar-refractivity contribution in [3.05, 3.63) is 29.7 Å². The van der Waals surface area contributed by atoms with Crippen LogP contribution in [-0.2, 0) is 0 Å². The summed E-state index contributed by atoms with van der Waals surface area (Å²) < 4.78 is 5.42. The lowest BCUT2D eigenvalue weighted by Crippen LogP contribution is -2.06. The van der Waals surface area contributed by atoms with Gasteiger partial charge < -0.3 is 10.2 Å². The Bertz CT molecular complexity index is 452. The first-order valence-corrected chi connectivity index (χ1v) is 4.97. The van der Waals surface area contributed by atoms with Crippen LogP contribution in [0.4, 0.5) is 0 Å². The highest BCUT2D eigenvalue weighted by atomic mass is 32.1. The van der Waals surface area contributed by atoms with Gasteiger partial charge in [-0.25, -0.2) is 4.98 Å². The zero-order chi connectivity index (χ0) is 10.1. The average Bonchev–Trinajstić information content (AvgIpc) is 2.55. The SMILES string of the molecule is Cc1nc2ccc(C(S)CN)cc2o1. The number of hydrogen-bond acceptors (Lipinski definition) is 4. The number of rotatable bonds is 2. The first-order chi connectivity index (χ1) is 6.70. The Hall–Kier alpha value is -1.00. The smallest absolute Gasteiger partial charge is 0.192 e. The van der Waals surface area contributed by atoms with Gasteiger partial charge in [-0.1, -0.05) is 6.07 Å². The molecule has 0 aliphatic carbocycles. The van der Waals surface area contributed by atoms with Crippen LogP contribution in [0, 0.1) is 6.92 Å². The largest absolute Gasteiger partial charge is 0.441 e. The van der Waals surface area contributed by atoms with Gasteiger partial charge in [0.2, 0.25) is 0 Å². The number of benzene rings is 1. The maximum Gasteiger partial charge on any atom is 0.192 e. The molecule has 2 rings (SSSR count). The number of hydrogen-bond donors (Lipinski definition) is 2. The van der Waals surface area contributed by atoms with Crippen molar-refractivity contribution in [1.29, 1.82) is 0 Å². The molecule has 2 aromatic rings. The second kappa shape index (κ2) is 3.63. The Labute approximate surface area is 87.7 Å². The topological polar surface area (TPSA) is 52.0 Å². The Morgan fingerprint density at radius 2 is 2.36 bits per heavy atom. The third-order valence-corrected chi connectivity index (χ3v) is 2.64. The maximum absolute atomic E-state index is 5.53. The summed E-state index contributed by atoms with van der Waals surface area (Å²) in [6.07, 6.45) is 0. The zero-order valence-corrected chi connectivity index (χ0v) is 8.79. The molecule has 0 fully saturated rings. The second-order valence-corrected chi connectivity index (χ2v) is 3.83. The highest BCUT2D eigenvalue weighted by molar-refractivity contribution is 7.80. The summed E-state index contributed by atoms with van der Waals surface area (Å²) in [6.45, 7) is 2.35. The highest BCUT2D eigenvalue weighted by Gasteiger charge is 2.07. The molecule has 4 heteroatoms. The molecular formula is C10H12N2OS. The van der Waals surface area contributed by atoms with Gasteiger partial charge in [-0.15, -0.1) is 0 Å². The van der Waals surface area contributed by atoms with Crippen LogP contribution in [0.2, 0.25) is 0 Å². The predicted octanol–water partition coefficient (Wildman–Crippen LogP) is 2.07. The standard InChI is InChI=1S/C10H12N2OS/c1-6-12-8-3-2-7(10(14)5-11)4-9(8)13-6/h2-4,10,14H,5,11H2,1H3. The normalized spacial score (nSPS) is 13.4. The summed E-state index contributed by atoms with van der Waals surface area (Å²) >= 11 is 4.36. The van der Waals surface area contributed by atoms with Crippen LogP contribution in [0.15, 0.2) is 22.6 Å². The van der Waals surface area contributed by atoms with Crippen LogP contribution in [0.1, 0.15) is 16.7 Å². The van der Waals surface area contributed by atoms with Crippen LogP contribution in [0.5, 0.6) is 0 Å². The number of nitrogens with zero attached hydrogens (tertiary/aromatic N) is 1. The summed E-state index contributed by atoms with van der Waals surface area (Å²) in [7, 11) is 0. The van der Waals surface area contributed by atoms with E-state index in [1.54, 1.807) is 0 Å². The lowest BCUT2D eigenvalue weighted by Gasteiger charge is -2.06. The van der Waals surface area contributed by atoms with E-state index in [0.29, 0.717) is 12.4 Å². The predicted molar refractivity (Wildman–Crippen MR) is 59.5 cm³/mol. The lowest BCUT2D eigenvalue weighted by atomic mass is 10.1. The minimum atomic E-state index is 0.0600. The molecule has 1 aromatic heterocycles. The van der Waals surface area contributed by atoms with Gasteiger partial charge in [0.05, 0.1) is 0 Å². The number of fused-ring (bicyclic) bond motifs is 1. The molecule has 74 valence electrons. The first kappa shape index (κ1) is 9.55. The molecule has 2 N–H and O–H groups in total. The van der Waals surface area contributed by atoms with Gasteiger partial charge in [0, 0.05) is 18.7 Å². The maximum atomic E-state index is 5.53. The van der Waals surface area contributed by atoms with E-state index in [9.17, 15) is 0 Å². The van der Waals surface area contributed by atoms with Crippen LogP contribution < -0.4 is 5.73 Å². The van der Waals surface area contributed by atoms with Crippen molar-refractivity contribution in [3.8, 4) is 0 Å². The summed E-state index contributed by atoms with van der Waals surface area (Å²) in [4.78, 5) is 4.22. The van der Waals surface area contributed by atoms with E-state index in [1.165, 1.54) is 0 Å². The molecule has 1 heterocycles. The first-order valence-electron chi connectivity index (χ1n) is 4.46. The van der Waals surface area contributed by atoms with Gasteiger partial charge in [-0.05, 0) is 17.7 Å². The number of aryl methyl sites for hydroxylation is 1. The molecule has 0 saturated carbocycles. The van der Waals surface area contributed by atoms with E-state index < -0.39 is 0 Å². The van der Waals surface area contributed by atoms with Crippen molar-refractivity contribution in [3.63, 3.8) is 0 Å². The molecule has 1 aromatic carbocycles. The quantitative estimate of drug-likeness (QED) is 0.743. The molecule has 0 amide bonds. The number of nitrogens with two attached hydrogens (primary N) is 1. The fourth-order valence-corrected chi connectivity index (χ4v) is 1.56. The molecule has 3 nitrogen and oxygen atoms in total. The van der Waals surface area contributed by atoms with Gasteiger partial charge in [0.1, 0.15) is 5.52 Å². The Morgan fingerprint density at radius 1 is 1.57 bits per heavy atom. The van der Waals surface area contributed by atoms with E-state index in [4.69, 9.17) is 10.2 Å². The summed E-state index contributed by atoms with van der Waals surface area (Å²) in [5, 5.41) is 0.0600. The highest BCUT2D eigenvalue weighted by Crippen LogP contribution is 2.23. The van der Waals surface area contributed by atoms with Crippen molar-refractivity contribution >= 4 is 23.7 Å². The minimum absolute atomic E-state index is 0.0600. The van der Waals surface area contributed by atoms with Crippen LogP contribution >= 0.6 is 12.6 Å². The van der Waals surface area contributed by atoms with Gasteiger partial charge >= 0.3 is 0 Å². The third kappa shape index (κ3) is 1.63. The zero-order valence-electron chi connectivity index (χ0n) is 7.90. The monoisotopic (exact) mass is 208 g/mol. The van der Waals surface area contributed by atoms with E-state index in [-0.39, 0.29) is 5.25 Å². The molecule has 0 bridgehead atoms. The molecule has 0 spiro atoms. The van der Waals surface area contributed by atoms with Crippen LogP contribution in [-0.4, -0.2) is 11.5 Å². The van der Waals surface area contributed by atoms with Crippen molar-refractivity contribution in [1.82, 2.24) is 4.98 Å². The Kier molecular flexibility index (Phi) is 2.48. The second-order valence-electron chi connectivity index (χ2n) is 3.21. The molecule has 0 aliphatic heterocycles. The number of oxazole rings is 1. The van der Waals surface area contributed by atoms with Gasteiger partial charge in [0.15, 0.2) is 11.5 Å². The molecule has 0 saturated heterocycles. The van der Waals surface area contributed by atoms with Crippen molar-refractivity contribution in [2.45, 2.75) is 12.2 Å². The third-order valence-electron chi connectivity index (χ3n) is 2.13. The molecule has 1 unspecified atom stereocenters. The van der Waals surface area contributed by atoms with E-state index >= 15 is 0 Å². The number of aromatic nitrogens is 1. The Morgan fingerprint density at radius 3 is 3.07 bits per heavy atom. The van der Waals surface area contributed by atoms with Crippen molar-refractivity contribution in [2.24, 2.45) is 5.73 Å². The molecule has 0 aliphatic rings. The Balaban J connectivity index is 2.50. The van der Waals surface area contributed by atoms with E-state index in [2.05, 4.69) is 17.6 Å². The lowest BCUT2D eigenvalue weighted by molar-refractivity contribution is 0.560.